The molecule has 2 rings (SSSR count). The Morgan fingerprint density at radius 1 is 1.10 bits per heavy atom. The number of phenolic OH excluding ortho intramolecular Hbond substituents is 1. The molecule has 0 saturated carbocycles. The number of carboxylic acid groups (broad SMARTS) is 1. The van der Waals surface area contributed by atoms with Gasteiger partial charge in [0.05, 0.1) is 11.7 Å². The third-order valence-electron chi connectivity index (χ3n) is 2.49. The second-order valence-corrected chi connectivity index (χ2v) is 3.81. The van der Waals surface area contributed by atoms with Gasteiger partial charge in [-0.2, -0.15) is 0 Å². The first-order valence-electron chi connectivity index (χ1n) is 5.44. The molecule has 2 aromatic rings. The van der Waals surface area contributed by atoms with Gasteiger partial charge in [0.1, 0.15) is 11.5 Å². The van der Waals surface area contributed by atoms with Crippen LogP contribution in [0.15, 0.2) is 47.5 Å². The summed E-state index contributed by atoms with van der Waals surface area (Å²) in [5.74, 6) is -1.78. The zero-order valence-electron chi connectivity index (χ0n) is 10.8. The molecule has 0 saturated heterocycles. The van der Waals surface area contributed by atoms with Crippen molar-refractivity contribution in [2.75, 3.05) is 0 Å². The van der Waals surface area contributed by atoms with Crippen molar-refractivity contribution >= 4 is 17.9 Å². The summed E-state index contributed by atoms with van der Waals surface area (Å²) >= 11 is 0. The maximum absolute atomic E-state index is 10.6. The molecule has 5 nitrogen and oxygen atoms in total. The van der Waals surface area contributed by atoms with Gasteiger partial charge in [-0.1, -0.05) is 12.1 Å². The van der Waals surface area contributed by atoms with Crippen molar-refractivity contribution in [1.29, 1.82) is 0 Å². The fraction of sp³-hybridized carbons (Fsp3) is 0. The molecule has 20 heavy (non-hydrogen) atoms. The molecule has 0 aliphatic rings. The fourth-order valence-corrected chi connectivity index (χ4v) is 1.51. The first-order valence-corrected chi connectivity index (χ1v) is 5.44. The van der Waals surface area contributed by atoms with Crippen LogP contribution in [0, 0.1) is 0 Å². The molecule has 0 bridgehead atoms. The van der Waals surface area contributed by atoms with Crippen molar-refractivity contribution in [1.82, 2.24) is 0 Å². The molecular weight excluding hydrogens is 269 g/mol. The Balaban J connectivity index is 0.00000200. The van der Waals surface area contributed by atoms with E-state index in [9.17, 15) is 20.1 Å². The van der Waals surface area contributed by atoms with Gasteiger partial charge in [-0.25, -0.2) is 0 Å². The number of para-hydroxylation sites is 1. The zero-order chi connectivity index (χ0) is 13.8. The number of carbonyl (C=O) groups excluding carboxylic acids is 1. The number of aliphatic imine (C=N–C) groups is 1. The Kier molecular flexibility index (Phi) is 5.76. The normalized spacial score (nSPS) is 10.2. The van der Waals surface area contributed by atoms with E-state index in [1.165, 1.54) is 30.5 Å². The predicted octanol–water partition coefficient (Wildman–Crippen LogP) is -1.78. The molecule has 0 spiro atoms. The van der Waals surface area contributed by atoms with E-state index in [2.05, 4.69) is 4.99 Å². The smallest absolute Gasteiger partial charge is 0.545 e. The molecule has 0 heterocycles. The van der Waals surface area contributed by atoms with Gasteiger partial charge in [0, 0.05) is 23.4 Å². The van der Waals surface area contributed by atoms with Crippen LogP contribution in [-0.4, -0.2) is 22.4 Å². The number of hydrogen-bond donors (Lipinski definition) is 2. The second-order valence-electron chi connectivity index (χ2n) is 3.81. The molecule has 0 radical (unpaired) electrons. The van der Waals surface area contributed by atoms with Crippen LogP contribution < -0.4 is 34.7 Å². The summed E-state index contributed by atoms with van der Waals surface area (Å²) in [6.45, 7) is 0. The Morgan fingerprint density at radius 2 is 1.80 bits per heavy atom. The zero-order valence-corrected chi connectivity index (χ0v) is 12.8. The molecule has 0 amide bonds. The molecule has 96 valence electrons. The van der Waals surface area contributed by atoms with Crippen molar-refractivity contribution < 1.29 is 49.7 Å². The van der Waals surface area contributed by atoms with Crippen LogP contribution in [0.3, 0.4) is 0 Å². The van der Waals surface area contributed by atoms with Crippen LogP contribution >= 0.6 is 0 Å². The third kappa shape index (κ3) is 3.84. The Morgan fingerprint density at radius 3 is 2.40 bits per heavy atom. The number of aromatic hydroxyl groups is 2. The molecule has 0 atom stereocenters. The summed E-state index contributed by atoms with van der Waals surface area (Å²) in [5, 5.41) is 29.6. The molecule has 6 heteroatoms. The quantitative estimate of drug-likeness (QED) is 0.513. The number of phenols is 2. The summed E-state index contributed by atoms with van der Waals surface area (Å²) in [5.41, 5.74) is 0.596. The van der Waals surface area contributed by atoms with Gasteiger partial charge in [0.15, 0.2) is 0 Å². The van der Waals surface area contributed by atoms with Crippen molar-refractivity contribution in [2.45, 2.75) is 0 Å². The van der Waals surface area contributed by atoms with Crippen molar-refractivity contribution in [3.05, 3.63) is 53.6 Å². The van der Waals surface area contributed by atoms with Gasteiger partial charge < -0.3 is 20.1 Å². The number of nitrogens with zero attached hydrogens (tertiary/aromatic N) is 1. The van der Waals surface area contributed by atoms with Crippen LogP contribution in [0.5, 0.6) is 11.5 Å². The first-order chi connectivity index (χ1) is 9.08. The number of carbonyl (C=O) groups is 1. The fourth-order valence-electron chi connectivity index (χ4n) is 1.51. The maximum Gasteiger partial charge on any atom is 1.00 e. The number of rotatable bonds is 3. The molecular formula is C14H10NNaO4. The van der Waals surface area contributed by atoms with Crippen LogP contribution in [0.25, 0.3) is 0 Å². The van der Waals surface area contributed by atoms with Gasteiger partial charge in [-0.3, -0.25) is 4.99 Å². The van der Waals surface area contributed by atoms with Gasteiger partial charge in [-0.05, 0) is 24.3 Å². The van der Waals surface area contributed by atoms with Crippen molar-refractivity contribution in [2.24, 2.45) is 4.99 Å². The van der Waals surface area contributed by atoms with E-state index in [1.807, 2.05) is 0 Å². The monoisotopic (exact) mass is 279 g/mol. The Bertz CT molecular complexity index is 655. The molecule has 0 fully saturated rings. The summed E-state index contributed by atoms with van der Waals surface area (Å²) in [6.07, 6.45) is 1.42. The van der Waals surface area contributed by atoms with Gasteiger partial charge in [0.25, 0.3) is 0 Å². The molecule has 0 aliphatic heterocycles. The minimum Gasteiger partial charge on any atom is -0.545 e. The summed E-state index contributed by atoms with van der Waals surface area (Å²) < 4.78 is 0. The third-order valence-corrected chi connectivity index (χ3v) is 2.49. The van der Waals surface area contributed by atoms with Crippen molar-refractivity contribution in [3.8, 4) is 11.5 Å². The van der Waals surface area contributed by atoms with Crippen LogP contribution in [0.1, 0.15) is 15.9 Å². The molecule has 2 N–H and O–H groups in total. The van der Waals surface area contributed by atoms with Crippen LogP contribution in [0.4, 0.5) is 5.69 Å². The maximum atomic E-state index is 10.6. The summed E-state index contributed by atoms with van der Waals surface area (Å²) in [4.78, 5) is 14.7. The summed E-state index contributed by atoms with van der Waals surface area (Å²) in [6, 6.07) is 10.5. The number of benzene rings is 2. The largest absolute Gasteiger partial charge is 1.00 e. The number of aromatic carboxylic acids is 1. The van der Waals surface area contributed by atoms with Crippen molar-refractivity contribution in [3.63, 3.8) is 0 Å². The van der Waals surface area contributed by atoms with Crippen LogP contribution in [-0.2, 0) is 0 Å². The summed E-state index contributed by atoms with van der Waals surface area (Å²) in [7, 11) is 0. The Hall–Kier alpha value is -1.82. The average molecular weight is 279 g/mol. The van der Waals surface area contributed by atoms with E-state index in [0.29, 0.717) is 11.3 Å². The van der Waals surface area contributed by atoms with Crippen LogP contribution in [0.2, 0.25) is 0 Å². The minimum absolute atomic E-state index is 0. The average Bonchev–Trinajstić information content (AvgIpc) is 2.37. The second kappa shape index (κ2) is 7.09. The standard InChI is InChI=1S/C14H11NO4.Na/c16-12-4-2-1-3-9(12)8-15-10-5-6-11(14(18)19)13(17)7-10;/h1-8,16-17H,(H,18,19);/q;+1/p-1. The Labute approximate surface area is 137 Å². The molecule has 0 unspecified atom stereocenters. The van der Waals surface area contributed by atoms with Gasteiger partial charge in [-0.15, -0.1) is 0 Å². The van der Waals surface area contributed by atoms with Gasteiger partial charge >= 0.3 is 29.6 Å². The molecule has 0 aliphatic carbocycles. The minimum atomic E-state index is -1.45. The number of hydrogen-bond acceptors (Lipinski definition) is 5. The molecule has 2 aromatic carbocycles. The van der Waals surface area contributed by atoms with Gasteiger partial charge in [0.2, 0.25) is 0 Å². The van der Waals surface area contributed by atoms with E-state index in [0.717, 1.165) is 0 Å². The van der Waals surface area contributed by atoms with E-state index < -0.39 is 11.7 Å². The van der Waals surface area contributed by atoms with E-state index >= 15 is 0 Å². The number of carboxylic acids is 1. The predicted molar refractivity (Wildman–Crippen MR) is 67.8 cm³/mol. The SMILES string of the molecule is O=C([O-])c1ccc(N=Cc2ccccc2O)cc1O.[Na+]. The topological polar surface area (TPSA) is 93.0 Å². The van der Waals surface area contributed by atoms with E-state index in [4.69, 9.17) is 0 Å². The van der Waals surface area contributed by atoms with E-state index in [1.54, 1.807) is 18.2 Å². The first kappa shape index (κ1) is 16.2. The van der Waals surface area contributed by atoms with E-state index in [-0.39, 0.29) is 40.9 Å². The molecule has 0 aromatic heterocycles.